The molecule has 2 aromatic rings. The van der Waals surface area contributed by atoms with Crippen LogP contribution in [0.1, 0.15) is 31.4 Å². The first-order chi connectivity index (χ1) is 12.3. The number of nitrogens with one attached hydrogen (secondary N) is 2. The lowest BCUT2D eigenvalue weighted by Crippen LogP contribution is -2.39. The Hall–Kier alpha value is -1.60. The highest BCUT2D eigenvalue weighted by Gasteiger charge is 2.11. The quantitative estimate of drug-likeness (QED) is 0.298. The van der Waals surface area contributed by atoms with E-state index >= 15 is 0 Å². The van der Waals surface area contributed by atoms with Crippen LogP contribution >= 0.6 is 24.0 Å². The molecule has 0 saturated carbocycles. The monoisotopic (exact) mass is 465 g/mol. The fourth-order valence-corrected chi connectivity index (χ4v) is 3.24. The van der Waals surface area contributed by atoms with Crippen LogP contribution in [0, 0.1) is 0 Å². The largest absolute Gasteiger partial charge is 0.377 e. The van der Waals surface area contributed by atoms with E-state index in [1.165, 1.54) is 21.9 Å². The Morgan fingerprint density at radius 2 is 2.00 bits per heavy atom. The summed E-state index contributed by atoms with van der Waals surface area (Å²) >= 11 is 0. The molecule has 4 nitrogen and oxygen atoms in total. The van der Waals surface area contributed by atoms with Gasteiger partial charge in [-0.05, 0) is 36.1 Å². The zero-order valence-electron chi connectivity index (χ0n) is 15.5. The van der Waals surface area contributed by atoms with Crippen LogP contribution in [0.15, 0.2) is 59.1 Å². The van der Waals surface area contributed by atoms with E-state index in [-0.39, 0.29) is 30.0 Å². The van der Waals surface area contributed by atoms with Gasteiger partial charge in [0.05, 0.1) is 19.3 Å². The molecule has 0 bridgehead atoms. The molecule has 1 unspecified atom stereocenters. The van der Waals surface area contributed by atoms with E-state index in [4.69, 9.17) is 4.74 Å². The van der Waals surface area contributed by atoms with Gasteiger partial charge in [-0.1, -0.05) is 54.1 Å². The number of nitrogens with zero attached hydrogens (tertiary/aromatic N) is 1. The molecule has 1 atom stereocenters. The van der Waals surface area contributed by atoms with E-state index in [2.05, 4.69) is 71.1 Å². The third kappa shape index (κ3) is 5.45. The van der Waals surface area contributed by atoms with Crippen molar-refractivity contribution in [3.63, 3.8) is 0 Å². The van der Waals surface area contributed by atoms with Crippen molar-refractivity contribution in [3.05, 3.63) is 59.7 Å². The van der Waals surface area contributed by atoms with Gasteiger partial charge in [0, 0.05) is 13.6 Å². The van der Waals surface area contributed by atoms with Gasteiger partial charge in [-0.3, -0.25) is 4.99 Å². The molecule has 1 aliphatic heterocycles. The number of benzene rings is 2. The van der Waals surface area contributed by atoms with Gasteiger partial charge in [-0.25, -0.2) is 0 Å². The highest BCUT2D eigenvalue weighted by molar-refractivity contribution is 14.0. The third-order valence-electron chi connectivity index (χ3n) is 4.66. The number of hydrogen-bond donors (Lipinski definition) is 2. The summed E-state index contributed by atoms with van der Waals surface area (Å²) in [7, 11) is 1.82. The molecule has 0 aromatic heterocycles. The molecule has 0 aliphatic carbocycles. The third-order valence-corrected chi connectivity index (χ3v) is 4.66. The SMILES string of the molecule is CN=C(NCCC1=CCOCC1)NC(C)c1cccc2ccccc12.I. The van der Waals surface area contributed by atoms with E-state index in [9.17, 15) is 0 Å². The Morgan fingerprint density at radius 3 is 2.77 bits per heavy atom. The number of fused-ring (bicyclic) bond motifs is 1. The van der Waals surface area contributed by atoms with E-state index in [0.717, 1.165) is 38.6 Å². The molecule has 0 radical (unpaired) electrons. The van der Waals surface area contributed by atoms with E-state index in [1.807, 2.05) is 7.05 Å². The van der Waals surface area contributed by atoms with Crippen LogP contribution in [0.25, 0.3) is 10.8 Å². The van der Waals surface area contributed by atoms with Crippen molar-refractivity contribution in [2.45, 2.75) is 25.8 Å². The average molecular weight is 465 g/mol. The minimum Gasteiger partial charge on any atom is -0.377 e. The van der Waals surface area contributed by atoms with Crippen molar-refractivity contribution >= 4 is 40.7 Å². The van der Waals surface area contributed by atoms with Crippen LogP contribution in [-0.4, -0.2) is 32.8 Å². The van der Waals surface area contributed by atoms with Crippen LogP contribution in [-0.2, 0) is 4.74 Å². The number of rotatable bonds is 5. The van der Waals surface area contributed by atoms with Crippen molar-refractivity contribution in [3.8, 4) is 0 Å². The second-order valence-corrected chi connectivity index (χ2v) is 6.37. The predicted octanol–water partition coefficient (Wildman–Crippen LogP) is 4.42. The van der Waals surface area contributed by atoms with Crippen molar-refractivity contribution in [1.29, 1.82) is 0 Å². The Labute approximate surface area is 173 Å². The number of guanidine groups is 1. The van der Waals surface area contributed by atoms with Crippen LogP contribution < -0.4 is 10.6 Å². The van der Waals surface area contributed by atoms with Gasteiger partial charge in [-0.2, -0.15) is 0 Å². The van der Waals surface area contributed by atoms with Crippen molar-refractivity contribution < 1.29 is 4.74 Å². The van der Waals surface area contributed by atoms with Crippen molar-refractivity contribution in [1.82, 2.24) is 10.6 Å². The molecule has 0 fully saturated rings. The van der Waals surface area contributed by atoms with Gasteiger partial charge in [0.15, 0.2) is 5.96 Å². The lowest BCUT2D eigenvalue weighted by Gasteiger charge is -2.20. The summed E-state index contributed by atoms with van der Waals surface area (Å²) in [5.74, 6) is 0.841. The molecular formula is C21H28IN3O. The second-order valence-electron chi connectivity index (χ2n) is 6.37. The molecule has 1 heterocycles. The Kier molecular flexibility index (Phi) is 8.38. The second kappa shape index (κ2) is 10.5. The van der Waals surface area contributed by atoms with Gasteiger partial charge in [0.1, 0.15) is 0 Å². The first-order valence-corrected chi connectivity index (χ1v) is 8.98. The van der Waals surface area contributed by atoms with E-state index < -0.39 is 0 Å². The summed E-state index contributed by atoms with van der Waals surface area (Å²) in [6, 6.07) is 15.1. The summed E-state index contributed by atoms with van der Waals surface area (Å²) in [5, 5.41) is 9.48. The Balaban J connectivity index is 0.00000243. The van der Waals surface area contributed by atoms with Crippen LogP contribution in [0.3, 0.4) is 0 Å². The molecule has 140 valence electrons. The first-order valence-electron chi connectivity index (χ1n) is 8.98. The molecule has 26 heavy (non-hydrogen) atoms. The molecule has 1 aliphatic rings. The topological polar surface area (TPSA) is 45.7 Å². The lowest BCUT2D eigenvalue weighted by atomic mass is 10.00. The van der Waals surface area contributed by atoms with Crippen LogP contribution in [0.2, 0.25) is 0 Å². The molecule has 0 amide bonds. The van der Waals surface area contributed by atoms with Gasteiger partial charge in [-0.15, -0.1) is 24.0 Å². The molecule has 3 rings (SSSR count). The zero-order valence-corrected chi connectivity index (χ0v) is 17.8. The smallest absolute Gasteiger partial charge is 0.191 e. The minimum absolute atomic E-state index is 0. The highest BCUT2D eigenvalue weighted by atomic mass is 127. The molecular weight excluding hydrogens is 437 g/mol. The van der Waals surface area contributed by atoms with Gasteiger partial charge >= 0.3 is 0 Å². The van der Waals surface area contributed by atoms with E-state index in [1.54, 1.807) is 0 Å². The maximum Gasteiger partial charge on any atom is 0.191 e. The highest BCUT2D eigenvalue weighted by Crippen LogP contribution is 2.23. The molecule has 5 heteroatoms. The fraction of sp³-hybridized carbons (Fsp3) is 0.381. The first kappa shape index (κ1) is 20.7. The predicted molar refractivity (Wildman–Crippen MR) is 120 cm³/mol. The summed E-state index contributed by atoms with van der Waals surface area (Å²) in [6.45, 7) is 4.65. The van der Waals surface area contributed by atoms with Gasteiger partial charge in [0.2, 0.25) is 0 Å². The van der Waals surface area contributed by atoms with Crippen molar-refractivity contribution in [2.24, 2.45) is 4.99 Å². The maximum atomic E-state index is 5.35. The van der Waals surface area contributed by atoms with Gasteiger partial charge in [0.25, 0.3) is 0 Å². The summed E-state index contributed by atoms with van der Waals surface area (Å²) < 4.78 is 5.35. The summed E-state index contributed by atoms with van der Waals surface area (Å²) in [4.78, 5) is 4.37. The maximum absolute atomic E-state index is 5.35. The molecule has 2 aromatic carbocycles. The Morgan fingerprint density at radius 1 is 1.19 bits per heavy atom. The fourth-order valence-electron chi connectivity index (χ4n) is 3.24. The summed E-state index contributed by atoms with van der Waals surface area (Å²) in [6.07, 6.45) is 4.27. The molecule has 0 saturated heterocycles. The lowest BCUT2D eigenvalue weighted by molar-refractivity contribution is 0.153. The standard InChI is InChI=1S/C21H27N3O.HI/c1-16(19-9-5-7-18-6-3-4-8-20(18)19)24-21(22-2)23-13-10-17-11-14-25-15-12-17;/h3-9,11,16H,10,12-15H2,1-2H3,(H2,22,23,24);1H. The Bertz CT molecular complexity index is 767. The number of aliphatic imine (C=N–C) groups is 1. The molecule has 0 spiro atoms. The van der Waals surface area contributed by atoms with Crippen molar-refractivity contribution in [2.75, 3.05) is 26.8 Å². The normalized spacial score (nSPS) is 15.8. The molecule has 2 N–H and O–H groups in total. The van der Waals surface area contributed by atoms with Gasteiger partial charge < -0.3 is 15.4 Å². The number of hydrogen-bond acceptors (Lipinski definition) is 2. The minimum atomic E-state index is 0. The number of ether oxygens (including phenoxy) is 1. The van der Waals surface area contributed by atoms with Crippen LogP contribution in [0.4, 0.5) is 0 Å². The average Bonchev–Trinajstić information content (AvgIpc) is 2.67. The summed E-state index contributed by atoms with van der Waals surface area (Å²) in [5.41, 5.74) is 2.75. The van der Waals surface area contributed by atoms with Crippen LogP contribution in [0.5, 0.6) is 0 Å². The number of halogens is 1. The zero-order chi connectivity index (χ0) is 17.5. The van der Waals surface area contributed by atoms with E-state index in [0.29, 0.717) is 0 Å².